The summed E-state index contributed by atoms with van der Waals surface area (Å²) in [6.07, 6.45) is 3.39. The van der Waals surface area contributed by atoms with Crippen LogP contribution in [0.3, 0.4) is 0 Å². The Hall–Kier alpha value is -1.33. The van der Waals surface area contributed by atoms with E-state index in [9.17, 15) is 4.79 Å². The molecule has 1 rings (SSSR count). The molecule has 0 aromatic heterocycles. The highest BCUT2D eigenvalue weighted by Crippen LogP contribution is 2.34. The first-order valence-corrected chi connectivity index (χ1v) is 5.91. The molecule has 18 heavy (non-hydrogen) atoms. The van der Waals surface area contributed by atoms with Gasteiger partial charge in [0.1, 0.15) is 6.10 Å². The number of carbonyl (C=O) groups is 1. The summed E-state index contributed by atoms with van der Waals surface area (Å²) >= 11 is 0. The molecule has 1 heterocycles. The lowest BCUT2D eigenvalue weighted by atomic mass is 9.82. The van der Waals surface area contributed by atoms with Crippen LogP contribution in [0.5, 0.6) is 0 Å². The Kier molecular flexibility index (Phi) is 4.53. The van der Waals surface area contributed by atoms with Gasteiger partial charge in [-0.15, -0.1) is 9.78 Å². The SMILES string of the molecule is C=CC(OC(=O)OC1(C=C)OO1)C(C)(C)CCC. The molecule has 1 aliphatic rings. The number of carbonyl (C=O) groups excluding carboxylic acids is 1. The molecule has 0 saturated carbocycles. The largest absolute Gasteiger partial charge is 0.513 e. The van der Waals surface area contributed by atoms with Crippen molar-refractivity contribution in [3.05, 3.63) is 25.3 Å². The van der Waals surface area contributed by atoms with Crippen molar-refractivity contribution in [1.82, 2.24) is 0 Å². The van der Waals surface area contributed by atoms with E-state index in [0.717, 1.165) is 12.8 Å². The van der Waals surface area contributed by atoms with Crippen LogP contribution >= 0.6 is 0 Å². The fourth-order valence-corrected chi connectivity index (χ4v) is 1.74. The highest BCUT2D eigenvalue weighted by Gasteiger charge is 2.52. The summed E-state index contributed by atoms with van der Waals surface area (Å²) in [6.45, 7) is 13.2. The fraction of sp³-hybridized carbons (Fsp3) is 0.615. The summed E-state index contributed by atoms with van der Waals surface area (Å²) in [7, 11) is 0. The maximum atomic E-state index is 11.6. The van der Waals surface area contributed by atoms with Crippen molar-refractivity contribution >= 4 is 6.16 Å². The van der Waals surface area contributed by atoms with Gasteiger partial charge in [-0.05, 0) is 6.42 Å². The number of ether oxygens (including phenoxy) is 2. The average molecular weight is 256 g/mol. The normalized spacial score (nSPS) is 18.6. The van der Waals surface area contributed by atoms with Crippen molar-refractivity contribution in [3.63, 3.8) is 0 Å². The Morgan fingerprint density at radius 2 is 2.06 bits per heavy atom. The van der Waals surface area contributed by atoms with Gasteiger partial charge in [0.25, 0.3) is 0 Å². The van der Waals surface area contributed by atoms with Crippen molar-refractivity contribution in [2.45, 2.75) is 45.7 Å². The van der Waals surface area contributed by atoms with Crippen LogP contribution in [0.2, 0.25) is 0 Å². The van der Waals surface area contributed by atoms with E-state index in [2.05, 4.69) is 29.9 Å². The Morgan fingerprint density at radius 1 is 1.44 bits per heavy atom. The van der Waals surface area contributed by atoms with Crippen LogP contribution in [0, 0.1) is 5.41 Å². The van der Waals surface area contributed by atoms with Gasteiger partial charge in [-0.25, -0.2) is 4.79 Å². The third kappa shape index (κ3) is 3.58. The lowest BCUT2D eigenvalue weighted by Crippen LogP contribution is -2.33. The third-order valence-electron chi connectivity index (χ3n) is 2.83. The van der Waals surface area contributed by atoms with Crippen molar-refractivity contribution < 1.29 is 24.0 Å². The predicted octanol–water partition coefficient (Wildman–Crippen LogP) is 3.32. The molecule has 0 bridgehead atoms. The molecule has 1 unspecified atom stereocenters. The van der Waals surface area contributed by atoms with Gasteiger partial charge in [-0.1, -0.05) is 46.4 Å². The monoisotopic (exact) mass is 256 g/mol. The van der Waals surface area contributed by atoms with Gasteiger partial charge < -0.3 is 9.47 Å². The highest BCUT2D eigenvalue weighted by molar-refractivity contribution is 5.61. The van der Waals surface area contributed by atoms with Gasteiger partial charge in [-0.3, -0.25) is 0 Å². The summed E-state index contributed by atoms with van der Waals surface area (Å²) in [5.74, 6) is -1.47. The zero-order valence-corrected chi connectivity index (χ0v) is 11.1. The summed E-state index contributed by atoms with van der Waals surface area (Å²) < 4.78 is 10.0. The second-order valence-electron chi connectivity index (χ2n) is 4.84. The lowest BCUT2D eigenvalue weighted by Gasteiger charge is -2.31. The molecule has 5 heteroatoms. The number of hydrogen-bond donors (Lipinski definition) is 0. The summed E-state index contributed by atoms with van der Waals surface area (Å²) in [5, 5.41) is 0. The first kappa shape index (κ1) is 14.7. The van der Waals surface area contributed by atoms with Crippen LogP contribution in [-0.2, 0) is 19.2 Å². The van der Waals surface area contributed by atoms with E-state index in [1.54, 1.807) is 6.08 Å². The minimum absolute atomic E-state index is 0.206. The second-order valence-corrected chi connectivity index (χ2v) is 4.84. The van der Waals surface area contributed by atoms with Crippen LogP contribution in [0.25, 0.3) is 0 Å². The highest BCUT2D eigenvalue weighted by atomic mass is 17.5. The zero-order chi connectivity index (χ0) is 13.8. The molecule has 0 amide bonds. The lowest BCUT2D eigenvalue weighted by molar-refractivity contribution is -0.0475. The second kappa shape index (κ2) is 5.54. The Bertz CT molecular complexity index is 330. The maximum absolute atomic E-state index is 11.6. The topological polar surface area (TPSA) is 60.6 Å². The van der Waals surface area contributed by atoms with Crippen molar-refractivity contribution in [1.29, 1.82) is 0 Å². The van der Waals surface area contributed by atoms with Crippen molar-refractivity contribution in [2.24, 2.45) is 5.41 Å². The van der Waals surface area contributed by atoms with E-state index in [4.69, 9.17) is 9.47 Å². The molecule has 1 aliphatic heterocycles. The predicted molar refractivity (Wildman–Crippen MR) is 65.3 cm³/mol. The average Bonchev–Trinajstić information content (AvgIpc) is 3.06. The Labute approximate surface area is 107 Å². The van der Waals surface area contributed by atoms with E-state index >= 15 is 0 Å². The van der Waals surface area contributed by atoms with E-state index < -0.39 is 18.2 Å². The van der Waals surface area contributed by atoms with Crippen LogP contribution in [0.4, 0.5) is 4.79 Å². The smallest absolute Gasteiger partial charge is 0.426 e. The molecule has 1 atom stereocenters. The fourth-order valence-electron chi connectivity index (χ4n) is 1.74. The van der Waals surface area contributed by atoms with Gasteiger partial charge in [0.2, 0.25) is 0 Å². The van der Waals surface area contributed by atoms with Gasteiger partial charge in [0.05, 0.1) is 0 Å². The van der Waals surface area contributed by atoms with Gasteiger partial charge in [-0.2, -0.15) is 0 Å². The Morgan fingerprint density at radius 3 is 2.44 bits per heavy atom. The van der Waals surface area contributed by atoms with Gasteiger partial charge >= 0.3 is 12.1 Å². The van der Waals surface area contributed by atoms with Crippen LogP contribution < -0.4 is 0 Å². The minimum atomic E-state index is -1.47. The molecule has 1 saturated heterocycles. The standard InChI is InChI=1S/C13H20O5/c1-6-9-12(4,5)10(7-2)15-11(14)16-13(8-3)17-18-13/h7-8,10H,2-3,6,9H2,1,4-5H3. The van der Waals surface area contributed by atoms with Gasteiger partial charge in [0, 0.05) is 11.5 Å². The molecule has 102 valence electrons. The van der Waals surface area contributed by atoms with E-state index in [0.29, 0.717) is 0 Å². The first-order valence-electron chi connectivity index (χ1n) is 5.91. The first-order chi connectivity index (χ1) is 8.39. The molecule has 0 spiro atoms. The van der Waals surface area contributed by atoms with Crippen molar-refractivity contribution in [3.8, 4) is 0 Å². The molecular weight excluding hydrogens is 236 g/mol. The quantitative estimate of drug-likeness (QED) is 0.302. The number of rotatable bonds is 7. The molecular formula is C13H20O5. The number of hydrogen-bond acceptors (Lipinski definition) is 5. The summed E-state index contributed by atoms with van der Waals surface area (Å²) in [5.41, 5.74) is -0.206. The Balaban J connectivity index is 2.55. The third-order valence-corrected chi connectivity index (χ3v) is 2.83. The molecule has 1 fully saturated rings. The van der Waals surface area contributed by atoms with Crippen molar-refractivity contribution in [2.75, 3.05) is 0 Å². The molecule has 0 N–H and O–H groups in total. The summed E-state index contributed by atoms with van der Waals surface area (Å²) in [4.78, 5) is 20.6. The molecule has 5 nitrogen and oxygen atoms in total. The van der Waals surface area contributed by atoms with E-state index in [1.165, 1.54) is 6.08 Å². The molecule has 0 radical (unpaired) electrons. The molecule has 0 aromatic rings. The van der Waals surface area contributed by atoms with Crippen LogP contribution in [0.15, 0.2) is 25.3 Å². The van der Waals surface area contributed by atoms with Crippen LogP contribution in [-0.4, -0.2) is 18.2 Å². The van der Waals surface area contributed by atoms with Gasteiger partial charge in [0.15, 0.2) is 0 Å². The minimum Gasteiger partial charge on any atom is -0.426 e. The maximum Gasteiger partial charge on any atom is 0.513 e. The van der Waals surface area contributed by atoms with E-state index in [1.807, 2.05) is 13.8 Å². The molecule has 0 aliphatic carbocycles. The van der Waals surface area contributed by atoms with E-state index in [-0.39, 0.29) is 5.41 Å². The summed E-state index contributed by atoms with van der Waals surface area (Å²) in [6, 6.07) is 0. The van der Waals surface area contributed by atoms with Crippen LogP contribution in [0.1, 0.15) is 33.6 Å². The molecule has 0 aromatic carbocycles. The zero-order valence-electron chi connectivity index (χ0n) is 11.1.